The summed E-state index contributed by atoms with van der Waals surface area (Å²) in [6.45, 7) is 3.76. The van der Waals surface area contributed by atoms with Crippen LogP contribution in [0.4, 0.5) is 0 Å². The van der Waals surface area contributed by atoms with Gasteiger partial charge in [0.25, 0.3) is 0 Å². The first kappa shape index (κ1) is 11.2. The molecule has 0 spiro atoms. The van der Waals surface area contributed by atoms with Gasteiger partial charge in [-0.3, -0.25) is 4.98 Å². The molecule has 0 amide bonds. The lowest BCUT2D eigenvalue weighted by Crippen LogP contribution is -2.18. The van der Waals surface area contributed by atoms with Crippen LogP contribution in [0.1, 0.15) is 31.5 Å². The molecule has 1 rings (SSSR count). The Morgan fingerprint density at radius 3 is 2.67 bits per heavy atom. The SMILES string of the molecule is C/C=C\c1[nH]c(=O)oc(=O)c1/C=C\CC. The second-order valence-electron chi connectivity index (χ2n) is 2.94. The van der Waals surface area contributed by atoms with Crippen molar-refractivity contribution in [1.29, 1.82) is 0 Å². The standard InChI is InChI=1S/C11H13NO3/c1-3-5-7-8-9(6-4-2)12-11(14)15-10(8)13/h4-7H,3H2,1-2H3,(H,12,14)/b6-4-,7-5-. The van der Waals surface area contributed by atoms with E-state index < -0.39 is 11.4 Å². The number of allylic oxidation sites excluding steroid dienone is 2. The van der Waals surface area contributed by atoms with Crippen LogP contribution in [0.5, 0.6) is 0 Å². The molecular weight excluding hydrogens is 194 g/mol. The van der Waals surface area contributed by atoms with Gasteiger partial charge in [-0.25, -0.2) is 9.59 Å². The minimum absolute atomic E-state index is 0.370. The van der Waals surface area contributed by atoms with Gasteiger partial charge >= 0.3 is 11.4 Å². The highest BCUT2D eigenvalue weighted by Gasteiger charge is 2.04. The molecule has 1 aromatic heterocycles. The van der Waals surface area contributed by atoms with Gasteiger partial charge in [-0.15, -0.1) is 0 Å². The fourth-order valence-electron chi connectivity index (χ4n) is 1.14. The molecule has 0 atom stereocenters. The summed E-state index contributed by atoms with van der Waals surface area (Å²) in [7, 11) is 0. The minimum Gasteiger partial charge on any atom is -0.372 e. The minimum atomic E-state index is -0.734. The largest absolute Gasteiger partial charge is 0.419 e. The predicted molar refractivity (Wildman–Crippen MR) is 59.6 cm³/mol. The van der Waals surface area contributed by atoms with E-state index in [1.165, 1.54) is 0 Å². The zero-order valence-corrected chi connectivity index (χ0v) is 8.74. The molecule has 0 radical (unpaired) electrons. The van der Waals surface area contributed by atoms with Crippen LogP contribution in [0.25, 0.3) is 12.2 Å². The number of hydrogen-bond acceptors (Lipinski definition) is 3. The lowest BCUT2D eigenvalue weighted by molar-refractivity contribution is 0.447. The van der Waals surface area contributed by atoms with E-state index in [1.807, 2.05) is 13.0 Å². The number of H-pyrrole nitrogens is 1. The fraction of sp³-hybridized carbons (Fsp3) is 0.273. The summed E-state index contributed by atoms with van der Waals surface area (Å²) in [5.74, 6) is -0.734. The van der Waals surface area contributed by atoms with Gasteiger partial charge in [0.1, 0.15) is 0 Å². The van der Waals surface area contributed by atoms with Crippen molar-refractivity contribution in [2.75, 3.05) is 0 Å². The Labute approximate surface area is 87.0 Å². The van der Waals surface area contributed by atoms with Crippen molar-refractivity contribution in [3.8, 4) is 0 Å². The van der Waals surface area contributed by atoms with E-state index in [2.05, 4.69) is 9.40 Å². The van der Waals surface area contributed by atoms with Crippen molar-refractivity contribution in [2.24, 2.45) is 0 Å². The lowest BCUT2D eigenvalue weighted by atomic mass is 10.2. The maximum Gasteiger partial charge on any atom is 0.419 e. The van der Waals surface area contributed by atoms with Gasteiger partial charge in [-0.2, -0.15) is 0 Å². The highest BCUT2D eigenvalue weighted by Crippen LogP contribution is 2.04. The van der Waals surface area contributed by atoms with Gasteiger partial charge in [-0.05, 0) is 25.5 Å². The van der Waals surface area contributed by atoms with Crippen LogP contribution in [0, 0.1) is 0 Å². The Morgan fingerprint density at radius 2 is 2.07 bits per heavy atom. The van der Waals surface area contributed by atoms with Crippen LogP contribution in [-0.4, -0.2) is 4.98 Å². The number of aromatic nitrogens is 1. The molecule has 0 saturated heterocycles. The van der Waals surface area contributed by atoms with Crippen LogP contribution in [-0.2, 0) is 0 Å². The molecule has 0 aliphatic carbocycles. The topological polar surface area (TPSA) is 63.1 Å². The molecule has 4 nitrogen and oxygen atoms in total. The molecule has 1 aromatic rings. The average Bonchev–Trinajstić information content (AvgIpc) is 2.17. The van der Waals surface area contributed by atoms with E-state index in [0.29, 0.717) is 11.3 Å². The zero-order valence-electron chi connectivity index (χ0n) is 8.74. The molecule has 15 heavy (non-hydrogen) atoms. The van der Waals surface area contributed by atoms with Gasteiger partial charge in [0.2, 0.25) is 0 Å². The summed E-state index contributed by atoms with van der Waals surface area (Å²) >= 11 is 0. The van der Waals surface area contributed by atoms with E-state index >= 15 is 0 Å². The van der Waals surface area contributed by atoms with Crippen molar-refractivity contribution in [2.45, 2.75) is 20.3 Å². The Balaban J connectivity index is 3.40. The van der Waals surface area contributed by atoms with Gasteiger partial charge in [0.15, 0.2) is 0 Å². The third-order valence-electron chi connectivity index (χ3n) is 1.79. The molecule has 0 aromatic carbocycles. The van der Waals surface area contributed by atoms with Crippen molar-refractivity contribution in [1.82, 2.24) is 4.98 Å². The summed E-state index contributed by atoms with van der Waals surface area (Å²) in [6.07, 6.45) is 7.70. The highest BCUT2D eigenvalue weighted by molar-refractivity contribution is 5.60. The van der Waals surface area contributed by atoms with Crippen molar-refractivity contribution < 1.29 is 4.42 Å². The first-order valence-electron chi connectivity index (χ1n) is 4.75. The van der Waals surface area contributed by atoms with E-state index in [9.17, 15) is 9.59 Å². The molecular formula is C11H13NO3. The summed E-state index contributed by atoms with van der Waals surface area (Å²) in [5, 5.41) is 0. The zero-order chi connectivity index (χ0) is 11.3. The van der Waals surface area contributed by atoms with Gasteiger partial charge in [0.05, 0.1) is 11.3 Å². The first-order chi connectivity index (χ1) is 7.19. The maximum atomic E-state index is 11.4. The summed E-state index contributed by atoms with van der Waals surface area (Å²) in [6, 6.07) is 0. The third kappa shape index (κ3) is 2.80. The van der Waals surface area contributed by atoms with E-state index in [1.54, 1.807) is 25.2 Å². The molecule has 80 valence electrons. The summed E-state index contributed by atoms with van der Waals surface area (Å²) in [4.78, 5) is 24.8. The Morgan fingerprint density at radius 1 is 1.33 bits per heavy atom. The predicted octanol–water partition coefficient (Wildman–Crippen LogP) is 1.78. The van der Waals surface area contributed by atoms with E-state index in [0.717, 1.165) is 6.42 Å². The Bertz CT molecular complexity index is 491. The van der Waals surface area contributed by atoms with Crippen LogP contribution in [0.2, 0.25) is 0 Å². The van der Waals surface area contributed by atoms with E-state index in [-0.39, 0.29) is 0 Å². The summed E-state index contributed by atoms with van der Waals surface area (Å²) < 4.78 is 4.44. The second kappa shape index (κ2) is 5.14. The molecule has 0 unspecified atom stereocenters. The smallest absolute Gasteiger partial charge is 0.372 e. The Hall–Kier alpha value is -1.84. The quantitative estimate of drug-likeness (QED) is 0.821. The number of hydrogen-bond donors (Lipinski definition) is 1. The molecule has 0 saturated carbocycles. The number of nitrogens with one attached hydrogen (secondary N) is 1. The monoisotopic (exact) mass is 207 g/mol. The Kier molecular flexibility index (Phi) is 3.85. The van der Waals surface area contributed by atoms with Gasteiger partial charge < -0.3 is 4.42 Å². The lowest BCUT2D eigenvalue weighted by Gasteiger charge is -1.97. The van der Waals surface area contributed by atoms with Crippen LogP contribution < -0.4 is 11.4 Å². The molecule has 0 aliphatic heterocycles. The maximum absolute atomic E-state index is 11.4. The molecule has 1 N–H and O–H groups in total. The average molecular weight is 207 g/mol. The van der Waals surface area contributed by atoms with Gasteiger partial charge in [-0.1, -0.05) is 19.1 Å². The van der Waals surface area contributed by atoms with Crippen molar-refractivity contribution in [3.05, 3.63) is 44.4 Å². The molecule has 0 aliphatic rings. The molecule has 1 heterocycles. The van der Waals surface area contributed by atoms with Crippen LogP contribution in [0.15, 0.2) is 26.2 Å². The number of aromatic amines is 1. The second-order valence-corrected chi connectivity index (χ2v) is 2.94. The summed E-state index contributed by atoms with van der Waals surface area (Å²) in [5.41, 5.74) is 0.231. The molecule has 0 fully saturated rings. The van der Waals surface area contributed by atoms with Crippen molar-refractivity contribution >= 4 is 12.2 Å². The normalized spacial score (nSPS) is 11.6. The van der Waals surface area contributed by atoms with Crippen molar-refractivity contribution in [3.63, 3.8) is 0 Å². The van der Waals surface area contributed by atoms with Gasteiger partial charge in [0, 0.05) is 0 Å². The molecule has 0 bridgehead atoms. The van der Waals surface area contributed by atoms with Crippen LogP contribution in [0.3, 0.4) is 0 Å². The van der Waals surface area contributed by atoms with Crippen LogP contribution >= 0.6 is 0 Å². The van der Waals surface area contributed by atoms with E-state index in [4.69, 9.17) is 0 Å². The third-order valence-corrected chi connectivity index (χ3v) is 1.79. The molecule has 4 heteroatoms. The number of rotatable bonds is 3. The fourth-order valence-corrected chi connectivity index (χ4v) is 1.14. The highest BCUT2D eigenvalue weighted by atomic mass is 16.4. The first-order valence-corrected chi connectivity index (χ1v) is 4.75.